The number of hydrogen-bond acceptors (Lipinski definition) is 4. The zero-order valence-corrected chi connectivity index (χ0v) is 10.7. The average Bonchev–Trinajstić information content (AvgIpc) is 2.88. The molecule has 0 atom stereocenters. The van der Waals surface area contributed by atoms with Crippen molar-refractivity contribution in [2.45, 2.75) is 0 Å². The summed E-state index contributed by atoms with van der Waals surface area (Å²) in [5.74, 6) is -0.365. The number of rotatable bonds is 2. The molecule has 19 heavy (non-hydrogen) atoms. The first-order valence-electron chi connectivity index (χ1n) is 5.65. The largest absolute Gasteiger partial charge is 0.399 e. The highest BCUT2D eigenvalue weighted by atomic mass is 32.1. The lowest BCUT2D eigenvalue weighted by Gasteiger charge is -1.98. The van der Waals surface area contributed by atoms with Crippen LogP contribution in [0.2, 0.25) is 0 Å². The van der Waals surface area contributed by atoms with Gasteiger partial charge >= 0.3 is 0 Å². The van der Waals surface area contributed by atoms with Crippen molar-refractivity contribution in [3.63, 3.8) is 0 Å². The molecular weight excluding hydrogens is 261 g/mol. The van der Waals surface area contributed by atoms with Crippen LogP contribution in [0.25, 0.3) is 21.8 Å². The topological polar surface area (TPSA) is 51.8 Å². The minimum Gasteiger partial charge on any atom is -0.399 e. The minimum atomic E-state index is -0.365. The SMILES string of the molecule is Nc1cccc(-c2nc(-c3cncc(F)c3)cs2)c1. The molecule has 3 aromatic rings. The maximum atomic E-state index is 13.1. The molecule has 0 amide bonds. The Morgan fingerprint density at radius 2 is 2.00 bits per heavy atom. The fourth-order valence-electron chi connectivity index (χ4n) is 1.76. The molecule has 0 radical (unpaired) electrons. The molecule has 3 rings (SSSR count). The Labute approximate surface area is 113 Å². The number of benzene rings is 1. The summed E-state index contributed by atoms with van der Waals surface area (Å²) in [6.45, 7) is 0. The van der Waals surface area contributed by atoms with Crippen LogP contribution in [0.3, 0.4) is 0 Å². The molecule has 0 aliphatic carbocycles. The number of anilines is 1. The third-order valence-electron chi connectivity index (χ3n) is 2.64. The Hall–Kier alpha value is -2.27. The second-order valence-corrected chi connectivity index (χ2v) is 4.91. The normalized spacial score (nSPS) is 10.6. The van der Waals surface area contributed by atoms with Gasteiger partial charge in [-0.05, 0) is 18.2 Å². The molecule has 0 aliphatic rings. The maximum absolute atomic E-state index is 13.1. The molecule has 3 nitrogen and oxygen atoms in total. The van der Waals surface area contributed by atoms with Gasteiger partial charge in [0.15, 0.2) is 0 Å². The van der Waals surface area contributed by atoms with Gasteiger partial charge in [0, 0.05) is 28.4 Å². The van der Waals surface area contributed by atoms with E-state index in [0.29, 0.717) is 11.3 Å². The highest BCUT2D eigenvalue weighted by Gasteiger charge is 2.07. The van der Waals surface area contributed by atoms with Crippen LogP contribution in [-0.2, 0) is 0 Å². The summed E-state index contributed by atoms with van der Waals surface area (Å²) in [6, 6.07) is 8.95. The standard InChI is InChI=1S/C14H10FN3S/c15-11-4-10(6-17-7-11)13-8-19-14(18-13)9-2-1-3-12(16)5-9/h1-8H,16H2. The lowest BCUT2D eigenvalue weighted by molar-refractivity contribution is 0.622. The number of aromatic nitrogens is 2. The van der Waals surface area contributed by atoms with Gasteiger partial charge in [-0.2, -0.15) is 0 Å². The van der Waals surface area contributed by atoms with Gasteiger partial charge in [-0.15, -0.1) is 11.3 Å². The monoisotopic (exact) mass is 271 g/mol. The number of hydrogen-bond donors (Lipinski definition) is 1. The second kappa shape index (κ2) is 4.78. The molecule has 0 saturated heterocycles. The van der Waals surface area contributed by atoms with E-state index in [0.717, 1.165) is 16.3 Å². The number of nitrogens with two attached hydrogens (primary N) is 1. The molecular formula is C14H10FN3S. The summed E-state index contributed by atoms with van der Waals surface area (Å²) in [5.41, 5.74) is 8.80. The van der Waals surface area contributed by atoms with Crippen molar-refractivity contribution in [3.05, 3.63) is 53.9 Å². The van der Waals surface area contributed by atoms with Crippen molar-refractivity contribution in [3.8, 4) is 21.8 Å². The Morgan fingerprint density at radius 3 is 2.79 bits per heavy atom. The molecule has 2 aromatic heterocycles. The molecule has 2 N–H and O–H groups in total. The zero-order valence-electron chi connectivity index (χ0n) is 9.88. The molecule has 2 heterocycles. The molecule has 94 valence electrons. The van der Waals surface area contributed by atoms with Crippen LogP contribution < -0.4 is 5.73 Å². The van der Waals surface area contributed by atoms with E-state index in [-0.39, 0.29) is 5.82 Å². The van der Waals surface area contributed by atoms with E-state index in [4.69, 9.17) is 5.73 Å². The van der Waals surface area contributed by atoms with Gasteiger partial charge in [0.2, 0.25) is 0 Å². The molecule has 1 aromatic carbocycles. The number of halogens is 1. The van der Waals surface area contributed by atoms with Crippen molar-refractivity contribution < 1.29 is 4.39 Å². The summed E-state index contributed by atoms with van der Waals surface area (Å²) in [6.07, 6.45) is 2.77. The molecule has 0 bridgehead atoms. The van der Waals surface area contributed by atoms with E-state index < -0.39 is 0 Å². The summed E-state index contributed by atoms with van der Waals surface area (Å²) in [4.78, 5) is 8.32. The van der Waals surface area contributed by atoms with Gasteiger partial charge in [0.25, 0.3) is 0 Å². The Balaban J connectivity index is 2.00. The quantitative estimate of drug-likeness (QED) is 0.725. The minimum absolute atomic E-state index is 0.365. The highest BCUT2D eigenvalue weighted by molar-refractivity contribution is 7.13. The van der Waals surface area contributed by atoms with Crippen molar-refractivity contribution >= 4 is 17.0 Å². The molecule has 0 fully saturated rings. The van der Waals surface area contributed by atoms with Gasteiger partial charge in [0.05, 0.1) is 11.9 Å². The Morgan fingerprint density at radius 1 is 1.11 bits per heavy atom. The van der Waals surface area contributed by atoms with Crippen molar-refractivity contribution in [1.82, 2.24) is 9.97 Å². The zero-order chi connectivity index (χ0) is 13.2. The van der Waals surface area contributed by atoms with Crippen LogP contribution in [0, 0.1) is 5.82 Å². The average molecular weight is 271 g/mol. The number of pyridine rings is 1. The van der Waals surface area contributed by atoms with Crippen LogP contribution in [0.5, 0.6) is 0 Å². The maximum Gasteiger partial charge on any atom is 0.142 e. The predicted octanol–water partition coefficient (Wildman–Crippen LogP) is 3.59. The molecule has 0 unspecified atom stereocenters. The van der Waals surface area contributed by atoms with Crippen molar-refractivity contribution in [1.29, 1.82) is 0 Å². The Bertz CT molecular complexity index is 664. The van der Waals surface area contributed by atoms with Crippen LogP contribution in [-0.4, -0.2) is 9.97 Å². The summed E-state index contributed by atoms with van der Waals surface area (Å²) in [7, 11) is 0. The van der Waals surface area contributed by atoms with Crippen molar-refractivity contribution in [2.75, 3.05) is 5.73 Å². The fraction of sp³-hybridized carbons (Fsp3) is 0. The Kier molecular flexibility index (Phi) is 2.97. The van der Waals surface area contributed by atoms with E-state index in [2.05, 4.69) is 9.97 Å². The van der Waals surface area contributed by atoms with Crippen LogP contribution in [0.1, 0.15) is 0 Å². The molecule has 0 spiro atoms. The molecule has 0 aliphatic heterocycles. The van der Waals surface area contributed by atoms with Crippen LogP contribution in [0.4, 0.5) is 10.1 Å². The number of thiazole rings is 1. The smallest absolute Gasteiger partial charge is 0.142 e. The molecule has 0 saturated carbocycles. The first kappa shape index (κ1) is 11.8. The van der Waals surface area contributed by atoms with E-state index in [1.807, 2.05) is 29.6 Å². The lowest BCUT2D eigenvalue weighted by Crippen LogP contribution is -1.85. The first-order chi connectivity index (χ1) is 9.22. The van der Waals surface area contributed by atoms with Crippen LogP contribution in [0.15, 0.2) is 48.1 Å². The molecule has 5 heteroatoms. The van der Waals surface area contributed by atoms with Gasteiger partial charge in [-0.3, -0.25) is 4.98 Å². The number of nitrogen functional groups attached to an aromatic ring is 1. The lowest BCUT2D eigenvalue weighted by atomic mass is 10.2. The van der Waals surface area contributed by atoms with E-state index in [1.165, 1.54) is 23.6 Å². The van der Waals surface area contributed by atoms with Crippen LogP contribution >= 0.6 is 11.3 Å². The van der Waals surface area contributed by atoms with Gasteiger partial charge in [-0.25, -0.2) is 9.37 Å². The first-order valence-corrected chi connectivity index (χ1v) is 6.53. The predicted molar refractivity (Wildman–Crippen MR) is 75.2 cm³/mol. The van der Waals surface area contributed by atoms with E-state index in [1.54, 1.807) is 6.20 Å². The second-order valence-electron chi connectivity index (χ2n) is 4.06. The van der Waals surface area contributed by atoms with Gasteiger partial charge in [0.1, 0.15) is 10.8 Å². The van der Waals surface area contributed by atoms with Crippen molar-refractivity contribution in [2.24, 2.45) is 0 Å². The summed E-state index contributed by atoms with van der Waals surface area (Å²) in [5, 5.41) is 2.74. The van der Waals surface area contributed by atoms with Gasteiger partial charge in [-0.1, -0.05) is 12.1 Å². The summed E-state index contributed by atoms with van der Waals surface area (Å²) < 4.78 is 13.1. The van der Waals surface area contributed by atoms with E-state index >= 15 is 0 Å². The summed E-state index contributed by atoms with van der Waals surface area (Å²) >= 11 is 1.50. The van der Waals surface area contributed by atoms with E-state index in [9.17, 15) is 4.39 Å². The fourth-order valence-corrected chi connectivity index (χ4v) is 2.59. The van der Waals surface area contributed by atoms with Gasteiger partial charge < -0.3 is 5.73 Å². The third kappa shape index (κ3) is 2.46. The third-order valence-corrected chi connectivity index (χ3v) is 3.53. The number of nitrogens with zero attached hydrogens (tertiary/aromatic N) is 2. The highest BCUT2D eigenvalue weighted by Crippen LogP contribution is 2.29.